The number of nitrogens with zero attached hydrogens (tertiary/aromatic N) is 5. The van der Waals surface area contributed by atoms with Gasteiger partial charge in [0.2, 0.25) is 11.8 Å². The van der Waals surface area contributed by atoms with Crippen LogP contribution in [-0.4, -0.2) is 187 Å². The van der Waals surface area contributed by atoms with Gasteiger partial charge >= 0.3 is 5.91 Å². The number of carbonyl (C=O) groups excluding carboxylic acids is 6. The lowest BCUT2D eigenvalue weighted by Gasteiger charge is -2.50. The maximum absolute atomic E-state index is 14.7. The fourth-order valence-corrected chi connectivity index (χ4v) is 15.4. The van der Waals surface area contributed by atoms with Crippen molar-refractivity contribution in [2.24, 2.45) is 40.4 Å². The predicted octanol–water partition coefficient (Wildman–Crippen LogP) is 9.70. The third kappa shape index (κ3) is 19.2. The number of rotatable bonds is 30. The second-order valence-corrected chi connectivity index (χ2v) is 29.6. The molecule has 4 saturated heterocycles. The maximum atomic E-state index is 14.7. The summed E-state index contributed by atoms with van der Waals surface area (Å²) in [5.74, 6) is 0.104. The third-order valence-corrected chi connectivity index (χ3v) is 21.4. The number of piperidine rings is 1. The van der Waals surface area contributed by atoms with Crippen molar-refractivity contribution < 1.29 is 42.4 Å². The summed E-state index contributed by atoms with van der Waals surface area (Å²) in [6, 6.07) is 15.6. The fourth-order valence-electron chi connectivity index (χ4n) is 15.4. The van der Waals surface area contributed by atoms with Crippen molar-refractivity contribution in [3.05, 3.63) is 107 Å². The highest BCUT2D eigenvalue weighted by molar-refractivity contribution is 5.94. The first-order valence-electron chi connectivity index (χ1n) is 34.3. The van der Waals surface area contributed by atoms with Gasteiger partial charge in [0.25, 0.3) is 5.91 Å². The maximum Gasteiger partial charge on any atom is 0.317 e. The fraction of sp³-hybridized carbons (Fsp3) is 0.676. The quantitative estimate of drug-likeness (QED) is 0.0388. The molecule has 2 aromatic rings. The number of ketones is 2. The first-order chi connectivity index (χ1) is 42.6. The minimum absolute atomic E-state index is 0.00236. The van der Waals surface area contributed by atoms with Gasteiger partial charge in [0.05, 0.1) is 38.7 Å². The van der Waals surface area contributed by atoms with Crippen LogP contribution in [0.25, 0.3) is 0 Å². The molecular weight excluding hydrogens is 1130 g/mol. The van der Waals surface area contributed by atoms with Gasteiger partial charge in [-0.15, -0.1) is 0 Å². The Hall–Kier alpha value is -5.23. The first-order valence-corrected chi connectivity index (χ1v) is 34.3. The lowest BCUT2D eigenvalue weighted by atomic mass is 9.74. The van der Waals surface area contributed by atoms with E-state index in [4.69, 9.17) is 4.74 Å². The molecule has 7 unspecified atom stereocenters. The lowest BCUT2D eigenvalue weighted by Crippen LogP contribution is -2.69. The van der Waals surface area contributed by atoms with E-state index in [1.807, 2.05) is 24.1 Å². The van der Waals surface area contributed by atoms with E-state index in [2.05, 4.69) is 150 Å². The summed E-state index contributed by atoms with van der Waals surface area (Å²) in [6.45, 7) is 35.3. The predicted molar refractivity (Wildman–Crippen MR) is 358 cm³/mol. The van der Waals surface area contributed by atoms with Crippen molar-refractivity contribution in [1.29, 1.82) is 0 Å². The third-order valence-electron chi connectivity index (χ3n) is 21.4. The molecule has 5 heterocycles. The van der Waals surface area contributed by atoms with Crippen LogP contribution >= 0.6 is 0 Å². The van der Waals surface area contributed by atoms with E-state index in [9.17, 15) is 33.2 Å². The number of likely N-dealkylation sites (tertiary alicyclic amines) is 3. The van der Waals surface area contributed by atoms with Crippen LogP contribution in [0.1, 0.15) is 151 Å². The number of aryl methyl sites for hydroxylation is 1. The molecule has 13 atom stereocenters. The van der Waals surface area contributed by atoms with Crippen molar-refractivity contribution in [3.8, 4) is 0 Å². The van der Waals surface area contributed by atoms with E-state index in [0.717, 1.165) is 69.7 Å². The number of fused-ring (bicyclic) bond motifs is 1. The number of halogens is 1. The zero-order valence-electron chi connectivity index (χ0n) is 57.5. The molecular formula is C74H114FN8O7+. The standard InChI is InChI=1S/C74H113FN8O7/c1-15-54(7)80(46-62-43-77-53(6)26-31-59(62)41-69(87)81-48-73(10,11)55(8)65(81)39-60(56(9)84)37-57-27-24-50(3)25-28-57)34-20-19-22-64(85)44-78-71(88)67-47-79(35-36-90-67)45-51(4)42-76-52(5)21-17-18-23-68(86)82-49-74(12,13)70-66(82)40-61(72(89)83(70,14)16-2)38-58-29-32-63(75)33-30-58/h17-19,22,24-25,27-33,51-55,60-62,65-67,70,76-77H,15-16,20-21,23,26,34-49H2,1-14H3/p+1/b18-17?,22-19-/t51-,52-,53-,54-,55?,60?,61?,62-,65?,66?,67+,70?,83?/m1/s1. The zero-order chi connectivity index (χ0) is 65.7. The topological polar surface area (TPSA) is 161 Å². The Kier molecular flexibility index (Phi) is 26.1. The van der Waals surface area contributed by atoms with E-state index in [-0.39, 0.29) is 112 Å². The van der Waals surface area contributed by atoms with Gasteiger partial charge in [-0.25, -0.2) is 9.18 Å². The van der Waals surface area contributed by atoms with Crippen LogP contribution in [-0.2, 0) is 46.3 Å². The largest absolute Gasteiger partial charge is 0.366 e. The molecule has 4 fully saturated rings. The van der Waals surface area contributed by atoms with Gasteiger partial charge in [-0.2, -0.15) is 0 Å². The van der Waals surface area contributed by atoms with Gasteiger partial charge in [-0.3, -0.25) is 38.3 Å². The molecule has 5 aliphatic rings. The number of amides is 4. The average molecular weight is 1250 g/mol. The summed E-state index contributed by atoms with van der Waals surface area (Å²) in [5, 5.41) is 10.2. The smallest absolute Gasteiger partial charge is 0.317 e. The van der Waals surface area contributed by atoms with Gasteiger partial charge in [0.15, 0.2) is 5.78 Å². The number of hydrogen-bond donors (Lipinski definition) is 3. The molecule has 16 heteroatoms. The van der Waals surface area contributed by atoms with Crippen molar-refractivity contribution in [2.75, 3.05) is 85.6 Å². The van der Waals surface area contributed by atoms with E-state index >= 15 is 0 Å². The number of quaternary nitrogens is 1. The second kappa shape index (κ2) is 32.6. The number of likely N-dealkylation sites (N-methyl/N-ethyl adjacent to an activating group) is 1. The van der Waals surface area contributed by atoms with Crippen LogP contribution in [0.4, 0.5) is 4.39 Å². The minimum atomic E-state index is -0.667. The van der Waals surface area contributed by atoms with Crippen LogP contribution in [0.15, 0.2) is 84.5 Å². The highest BCUT2D eigenvalue weighted by Gasteiger charge is 2.64. The minimum Gasteiger partial charge on any atom is -0.366 e. The Morgan fingerprint density at radius 2 is 1.61 bits per heavy atom. The van der Waals surface area contributed by atoms with Crippen LogP contribution < -0.4 is 16.0 Å². The van der Waals surface area contributed by atoms with Gasteiger partial charge in [0, 0.05) is 107 Å². The molecule has 7 rings (SSSR count). The van der Waals surface area contributed by atoms with E-state index in [0.29, 0.717) is 94.2 Å². The molecule has 0 spiro atoms. The zero-order valence-corrected chi connectivity index (χ0v) is 57.5. The summed E-state index contributed by atoms with van der Waals surface area (Å²) in [7, 11) is 2.04. The van der Waals surface area contributed by atoms with Gasteiger partial charge < -0.3 is 30.5 Å². The Morgan fingerprint density at radius 3 is 2.30 bits per heavy atom. The van der Waals surface area contributed by atoms with Crippen molar-refractivity contribution in [3.63, 3.8) is 0 Å². The lowest BCUT2D eigenvalue weighted by molar-refractivity contribution is -0.872. The summed E-state index contributed by atoms with van der Waals surface area (Å²) in [6.07, 6.45) is 15.6. The molecule has 0 aromatic heterocycles. The van der Waals surface area contributed by atoms with Crippen LogP contribution in [0.2, 0.25) is 0 Å². The van der Waals surface area contributed by atoms with E-state index < -0.39 is 6.10 Å². The van der Waals surface area contributed by atoms with Crippen LogP contribution in [0, 0.1) is 53.2 Å². The Labute approximate surface area is 540 Å². The molecule has 0 radical (unpaired) electrons. The summed E-state index contributed by atoms with van der Waals surface area (Å²) < 4.78 is 19.9. The summed E-state index contributed by atoms with van der Waals surface area (Å²) in [4.78, 5) is 91.5. The van der Waals surface area contributed by atoms with Gasteiger partial charge in [0.1, 0.15) is 23.7 Å². The molecule has 3 N–H and O–H groups in total. The monoisotopic (exact) mass is 1250 g/mol. The van der Waals surface area contributed by atoms with Gasteiger partial charge in [-0.1, -0.05) is 120 Å². The first kappa shape index (κ1) is 72.2. The molecule has 0 bridgehead atoms. The molecule has 0 saturated carbocycles. The van der Waals surface area contributed by atoms with Crippen LogP contribution in [0.5, 0.6) is 0 Å². The molecule has 4 amide bonds. The Balaban J connectivity index is 0.822. The highest BCUT2D eigenvalue weighted by atomic mass is 19.1. The number of carbonyl (C=O) groups is 6. The molecule has 90 heavy (non-hydrogen) atoms. The number of benzene rings is 2. The van der Waals surface area contributed by atoms with Crippen LogP contribution in [0.3, 0.4) is 0 Å². The van der Waals surface area contributed by atoms with E-state index in [1.165, 1.54) is 23.3 Å². The normalized spacial score (nSPS) is 27.6. The molecule has 2 aromatic carbocycles. The van der Waals surface area contributed by atoms with Crippen molar-refractivity contribution >= 4 is 35.2 Å². The highest BCUT2D eigenvalue weighted by Crippen LogP contribution is 2.48. The average Bonchev–Trinajstić information content (AvgIpc) is 1.62. The van der Waals surface area contributed by atoms with Crippen molar-refractivity contribution in [1.82, 2.24) is 35.6 Å². The number of Topliss-reactive ketones (excluding diaryl/α,β-unsaturated/α-hetero) is 1. The number of ether oxygens (including phenoxy) is 1. The number of nitrogens with one attached hydrogen (secondary N) is 3. The molecule has 498 valence electrons. The number of hydrogen-bond acceptors (Lipinski definition) is 11. The van der Waals surface area contributed by atoms with Gasteiger partial charge in [-0.05, 0) is 146 Å². The second-order valence-electron chi connectivity index (χ2n) is 29.6. The van der Waals surface area contributed by atoms with Crippen molar-refractivity contribution in [2.45, 2.75) is 197 Å². The Bertz CT molecular complexity index is 2840. The summed E-state index contributed by atoms with van der Waals surface area (Å²) >= 11 is 0. The van der Waals surface area contributed by atoms with E-state index in [1.54, 1.807) is 25.1 Å². The molecule has 15 nitrogen and oxygen atoms in total. The molecule has 5 aliphatic heterocycles. The molecule has 0 aliphatic carbocycles. The Morgan fingerprint density at radius 1 is 0.911 bits per heavy atom. The SMILES string of the molecule is CC[C@@H](C)N(CC/C=C\C(=O)CNC(=O)[C@@H]1CN(C[C@H](C)CN[C@H](C)CC=CCC(=O)N2CC(C)(C)C3C2CC(Cc2ccc(F)cc2)C(=O)[N+]3(C)CC)CCO1)C[C@H]1CN[C@H](C)CC=C1CC(=O)N1CC(C)(C)C(C)C1CC(Cc1ccc(C)cc1)C(C)=O. The summed E-state index contributed by atoms with van der Waals surface area (Å²) in [5.41, 5.74) is 4.14. The number of morpholine rings is 1.